The molecule has 1 unspecified atom stereocenters. The lowest BCUT2D eigenvalue weighted by Gasteiger charge is -2.18. The van der Waals surface area contributed by atoms with Crippen molar-refractivity contribution in [1.82, 2.24) is 5.32 Å². The zero-order chi connectivity index (χ0) is 13.9. The number of hydrogen-bond acceptors (Lipinski definition) is 5. The highest BCUT2D eigenvalue weighted by Gasteiger charge is 2.12. The van der Waals surface area contributed by atoms with Gasteiger partial charge < -0.3 is 26.1 Å². The maximum absolute atomic E-state index is 8.65. The summed E-state index contributed by atoms with van der Waals surface area (Å²) in [6, 6.07) is 9.76. The molecule has 0 fully saturated rings. The first-order chi connectivity index (χ1) is 9.27. The van der Waals surface area contributed by atoms with E-state index in [1.807, 2.05) is 30.3 Å². The smallest absolute Gasteiger partial charge is 0.141 e. The van der Waals surface area contributed by atoms with Gasteiger partial charge in [-0.05, 0) is 5.56 Å². The van der Waals surface area contributed by atoms with Crippen molar-refractivity contribution in [3.05, 3.63) is 35.9 Å². The second kappa shape index (κ2) is 9.32. The number of nitrogens with two attached hydrogens (primary N) is 1. The van der Waals surface area contributed by atoms with Gasteiger partial charge in [0.2, 0.25) is 0 Å². The maximum atomic E-state index is 8.65. The number of nitrogens with one attached hydrogen (secondary N) is 1. The molecular formula is C13H21N3O3. The van der Waals surface area contributed by atoms with E-state index in [0.717, 1.165) is 5.56 Å². The predicted molar refractivity (Wildman–Crippen MR) is 73.1 cm³/mol. The Morgan fingerprint density at radius 2 is 2.05 bits per heavy atom. The van der Waals surface area contributed by atoms with Crippen LogP contribution in [0.3, 0.4) is 0 Å². The lowest BCUT2D eigenvalue weighted by Crippen LogP contribution is -2.29. The van der Waals surface area contributed by atoms with Gasteiger partial charge in [0, 0.05) is 19.0 Å². The van der Waals surface area contributed by atoms with Crippen LogP contribution in [-0.2, 0) is 4.74 Å². The first kappa shape index (κ1) is 15.4. The molecule has 0 aromatic heterocycles. The summed E-state index contributed by atoms with van der Waals surface area (Å²) in [4.78, 5) is 0. The first-order valence-electron chi connectivity index (χ1n) is 6.21. The molecule has 5 N–H and O–H groups in total. The van der Waals surface area contributed by atoms with E-state index in [1.54, 1.807) is 0 Å². The van der Waals surface area contributed by atoms with Crippen LogP contribution in [0.4, 0.5) is 0 Å². The molecule has 106 valence electrons. The van der Waals surface area contributed by atoms with Gasteiger partial charge >= 0.3 is 0 Å². The molecule has 0 heterocycles. The van der Waals surface area contributed by atoms with Crippen molar-refractivity contribution < 1.29 is 15.1 Å². The normalized spacial score (nSPS) is 13.4. The average Bonchev–Trinajstić information content (AvgIpc) is 2.46. The summed E-state index contributed by atoms with van der Waals surface area (Å²) >= 11 is 0. The Morgan fingerprint density at radius 1 is 1.32 bits per heavy atom. The maximum Gasteiger partial charge on any atom is 0.141 e. The lowest BCUT2D eigenvalue weighted by molar-refractivity contribution is 0.0926. The SMILES string of the molecule is NC(CC(NCCOCCO)c1ccccc1)=NO. The van der Waals surface area contributed by atoms with E-state index in [4.69, 9.17) is 20.8 Å². The van der Waals surface area contributed by atoms with Crippen molar-refractivity contribution in [2.24, 2.45) is 10.9 Å². The second-order valence-electron chi connectivity index (χ2n) is 4.05. The van der Waals surface area contributed by atoms with Crippen LogP contribution in [0.1, 0.15) is 18.0 Å². The number of benzene rings is 1. The van der Waals surface area contributed by atoms with Gasteiger partial charge in [0.15, 0.2) is 0 Å². The van der Waals surface area contributed by atoms with Gasteiger partial charge in [-0.1, -0.05) is 35.5 Å². The number of aliphatic hydroxyl groups is 1. The Morgan fingerprint density at radius 3 is 2.68 bits per heavy atom. The summed E-state index contributed by atoms with van der Waals surface area (Å²) < 4.78 is 5.18. The second-order valence-corrected chi connectivity index (χ2v) is 4.05. The molecular weight excluding hydrogens is 246 g/mol. The molecule has 0 saturated carbocycles. The minimum Gasteiger partial charge on any atom is -0.409 e. The van der Waals surface area contributed by atoms with Crippen molar-refractivity contribution in [3.63, 3.8) is 0 Å². The van der Waals surface area contributed by atoms with Gasteiger partial charge in [-0.3, -0.25) is 0 Å². The summed E-state index contributed by atoms with van der Waals surface area (Å²) in [6.45, 7) is 1.47. The topological polar surface area (TPSA) is 100 Å². The molecule has 0 saturated heterocycles. The number of nitrogens with zero attached hydrogens (tertiary/aromatic N) is 1. The number of hydrogen-bond donors (Lipinski definition) is 4. The van der Waals surface area contributed by atoms with Gasteiger partial charge in [-0.2, -0.15) is 0 Å². The van der Waals surface area contributed by atoms with E-state index >= 15 is 0 Å². The van der Waals surface area contributed by atoms with Gasteiger partial charge in [0.05, 0.1) is 19.8 Å². The molecule has 1 aromatic carbocycles. The number of rotatable bonds is 9. The molecule has 1 rings (SSSR count). The molecule has 0 radical (unpaired) electrons. The van der Waals surface area contributed by atoms with Crippen molar-refractivity contribution in [2.75, 3.05) is 26.4 Å². The third-order valence-corrected chi connectivity index (χ3v) is 2.62. The summed E-state index contributed by atoms with van der Waals surface area (Å²) in [7, 11) is 0. The number of oxime groups is 1. The standard InChI is InChI=1S/C13H21N3O3/c14-13(16-18)10-12(11-4-2-1-3-5-11)15-6-8-19-9-7-17/h1-5,12,15,17-18H,6-10H2,(H2,14,16). The highest BCUT2D eigenvalue weighted by Crippen LogP contribution is 2.15. The molecule has 0 aliphatic heterocycles. The van der Waals surface area contributed by atoms with Crippen LogP contribution in [0.5, 0.6) is 0 Å². The van der Waals surface area contributed by atoms with Gasteiger partial charge in [-0.15, -0.1) is 0 Å². The Bertz CT molecular complexity index is 371. The molecule has 0 bridgehead atoms. The molecule has 0 aliphatic rings. The van der Waals surface area contributed by atoms with Crippen molar-refractivity contribution in [2.45, 2.75) is 12.5 Å². The third-order valence-electron chi connectivity index (χ3n) is 2.62. The lowest BCUT2D eigenvalue weighted by atomic mass is 10.0. The number of amidine groups is 1. The van der Waals surface area contributed by atoms with Gasteiger partial charge in [-0.25, -0.2) is 0 Å². The molecule has 0 aliphatic carbocycles. The molecule has 19 heavy (non-hydrogen) atoms. The van der Waals surface area contributed by atoms with E-state index in [0.29, 0.717) is 26.2 Å². The van der Waals surface area contributed by atoms with Gasteiger partial charge in [0.1, 0.15) is 5.84 Å². The molecule has 0 spiro atoms. The highest BCUT2D eigenvalue weighted by molar-refractivity contribution is 5.80. The van der Waals surface area contributed by atoms with E-state index in [2.05, 4.69) is 10.5 Å². The molecule has 0 amide bonds. The van der Waals surface area contributed by atoms with Crippen LogP contribution >= 0.6 is 0 Å². The summed E-state index contributed by atoms with van der Waals surface area (Å²) in [6.07, 6.45) is 0.417. The fraction of sp³-hybridized carbons (Fsp3) is 0.462. The van der Waals surface area contributed by atoms with E-state index in [-0.39, 0.29) is 18.5 Å². The largest absolute Gasteiger partial charge is 0.409 e. The van der Waals surface area contributed by atoms with Crippen LogP contribution in [0.25, 0.3) is 0 Å². The first-order valence-corrected chi connectivity index (χ1v) is 6.21. The summed E-state index contributed by atoms with van der Waals surface area (Å²) in [5.41, 5.74) is 6.62. The number of aliphatic hydroxyl groups excluding tert-OH is 1. The average molecular weight is 267 g/mol. The summed E-state index contributed by atoms with van der Waals surface area (Å²) in [5, 5.41) is 23.5. The van der Waals surface area contributed by atoms with Crippen molar-refractivity contribution in [3.8, 4) is 0 Å². The predicted octanol–water partition coefficient (Wildman–Crippen LogP) is 0.463. The van der Waals surface area contributed by atoms with Gasteiger partial charge in [0.25, 0.3) is 0 Å². The Hall–Kier alpha value is -1.63. The minimum absolute atomic E-state index is 0.0201. The Labute approximate surface area is 112 Å². The molecule has 6 nitrogen and oxygen atoms in total. The van der Waals surface area contributed by atoms with Crippen LogP contribution in [0, 0.1) is 0 Å². The van der Waals surface area contributed by atoms with E-state index in [9.17, 15) is 0 Å². The monoisotopic (exact) mass is 267 g/mol. The van der Waals surface area contributed by atoms with Crippen molar-refractivity contribution in [1.29, 1.82) is 0 Å². The highest BCUT2D eigenvalue weighted by atomic mass is 16.5. The Balaban J connectivity index is 2.50. The number of ether oxygens (including phenoxy) is 1. The fourth-order valence-electron chi connectivity index (χ4n) is 1.72. The third kappa shape index (κ3) is 6.19. The quantitative estimate of drug-likeness (QED) is 0.171. The zero-order valence-corrected chi connectivity index (χ0v) is 10.8. The molecule has 1 aromatic rings. The fourth-order valence-corrected chi connectivity index (χ4v) is 1.72. The van der Waals surface area contributed by atoms with E-state index in [1.165, 1.54) is 0 Å². The Kier molecular flexibility index (Phi) is 7.57. The molecule has 1 atom stereocenters. The zero-order valence-electron chi connectivity index (χ0n) is 10.8. The van der Waals surface area contributed by atoms with Crippen LogP contribution in [-0.4, -0.2) is 42.5 Å². The van der Waals surface area contributed by atoms with Crippen LogP contribution < -0.4 is 11.1 Å². The van der Waals surface area contributed by atoms with E-state index < -0.39 is 0 Å². The van der Waals surface area contributed by atoms with Crippen molar-refractivity contribution >= 4 is 5.84 Å². The van der Waals surface area contributed by atoms with Crippen LogP contribution in [0.2, 0.25) is 0 Å². The minimum atomic E-state index is -0.0326. The summed E-state index contributed by atoms with van der Waals surface area (Å²) in [5.74, 6) is 0.178. The molecule has 6 heteroatoms. The van der Waals surface area contributed by atoms with Crippen LogP contribution in [0.15, 0.2) is 35.5 Å².